The average molecular weight is 415 g/mol. The van der Waals surface area contributed by atoms with E-state index in [0.717, 1.165) is 35.9 Å². The van der Waals surface area contributed by atoms with E-state index in [1.807, 2.05) is 24.3 Å². The Morgan fingerprint density at radius 2 is 1.93 bits per heavy atom. The van der Waals surface area contributed by atoms with E-state index in [1.165, 1.54) is 6.21 Å². The number of carbonyl (C=O) groups excluding carboxylic acids is 2. The number of benzene rings is 1. The van der Waals surface area contributed by atoms with Gasteiger partial charge >= 0.3 is 0 Å². The highest BCUT2D eigenvalue weighted by Crippen LogP contribution is 2.26. The summed E-state index contributed by atoms with van der Waals surface area (Å²) in [5.74, 6) is -1.31. The van der Waals surface area contributed by atoms with Gasteiger partial charge in [-0.1, -0.05) is 29.8 Å². The van der Waals surface area contributed by atoms with Crippen molar-refractivity contribution >= 4 is 41.0 Å². The van der Waals surface area contributed by atoms with Gasteiger partial charge in [-0.25, -0.2) is 9.98 Å². The van der Waals surface area contributed by atoms with Gasteiger partial charge in [0, 0.05) is 54.9 Å². The van der Waals surface area contributed by atoms with Crippen LogP contribution in [0.1, 0.15) is 5.69 Å². The van der Waals surface area contributed by atoms with Gasteiger partial charge in [-0.05, 0) is 18.2 Å². The number of aromatic nitrogens is 1. The summed E-state index contributed by atoms with van der Waals surface area (Å²) < 4.78 is 0. The summed E-state index contributed by atoms with van der Waals surface area (Å²) in [5.41, 5.74) is 2.08. The van der Waals surface area contributed by atoms with E-state index >= 15 is 0 Å². The van der Waals surface area contributed by atoms with Crippen molar-refractivity contribution in [3.63, 3.8) is 0 Å². The summed E-state index contributed by atoms with van der Waals surface area (Å²) >= 11 is 7.56. The number of hydrogen-bond donors (Lipinski definition) is 0. The molecule has 144 valence electrons. The van der Waals surface area contributed by atoms with E-state index in [4.69, 9.17) is 16.6 Å². The second kappa shape index (κ2) is 8.34. The van der Waals surface area contributed by atoms with Crippen molar-refractivity contribution in [2.75, 3.05) is 26.2 Å². The second-order valence-corrected chi connectivity index (χ2v) is 8.03. The van der Waals surface area contributed by atoms with Crippen LogP contribution >= 0.6 is 22.9 Å². The number of thiazole rings is 1. The number of piperazine rings is 1. The maximum absolute atomic E-state index is 12.6. The molecule has 8 heteroatoms. The molecular weight excluding hydrogens is 396 g/mol. The standard InChI is InChI=1S/C20H19ClN4O2S/c21-15-5-3-14(4-6-15)19-23-16(13-28-19)12-24-8-10-25(11-9-24)20(27)17-2-1-7-22-18(17)26/h1-7,13,17H,8-12H2. The number of nitrogens with zero attached hydrogens (tertiary/aromatic N) is 4. The van der Waals surface area contributed by atoms with E-state index in [0.29, 0.717) is 18.1 Å². The fraction of sp³-hybridized carbons (Fsp3) is 0.300. The lowest BCUT2D eigenvalue weighted by molar-refractivity contribution is -0.140. The number of dihydropyridines is 1. The number of halogens is 1. The first-order chi connectivity index (χ1) is 13.6. The van der Waals surface area contributed by atoms with Crippen molar-refractivity contribution in [2.24, 2.45) is 10.9 Å². The lowest BCUT2D eigenvalue weighted by atomic mass is 10.0. The van der Waals surface area contributed by atoms with Gasteiger partial charge in [0.05, 0.1) is 5.69 Å². The summed E-state index contributed by atoms with van der Waals surface area (Å²) in [6.07, 6.45) is 4.70. The fourth-order valence-corrected chi connectivity index (χ4v) is 4.23. The zero-order valence-electron chi connectivity index (χ0n) is 15.1. The highest BCUT2D eigenvalue weighted by Gasteiger charge is 2.31. The van der Waals surface area contributed by atoms with Crippen molar-refractivity contribution < 1.29 is 9.59 Å². The van der Waals surface area contributed by atoms with Gasteiger partial charge in [0.15, 0.2) is 0 Å². The summed E-state index contributed by atoms with van der Waals surface area (Å²) in [6.45, 7) is 3.47. The fourth-order valence-electron chi connectivity index (χ4n) is 3.28. The molecule has 1 aromatic heterocycles. The molecule has 2 amide bonds. The molecule has 4 rings (SSSR count). The Hall–Kier alpha value is -2.35. The summed E-state index contributed by atoms with van der Waals surface area (Å²) in [4.78, 5) is 36.8. The molecule has 1 saturated heterocycles. The number of amides is 2. The van der Waals surface area contributed by atoms with Crippen molar-refractivity contribution in [1.82, 2.24) is 14.8 Å². The SMILES string of the molecule is O=C1N=CC=CC1C(=O)N1CCN(Cc2csc(-c3ccc(Cl)cc3)n2)CC1. The Morgan fingerprint density at radius 1 is 1.18 bits per heavy atom. The largest absolute Gasteiger partial charge is 0.339 e. The maximum atomic E-state index is 12.6. The molecule has 6 nitrogen and oxygen atoms in total. The van der Waals surface area contributed by atoms with Gasteiger partial charge in [0.1, 0.15) is 10.9 Å². The van der Waals surface area contributed by atoms with Crippen LogP contribution in [0.2, 0.25) is 5.02 Å². The van der Waals surface area contributed by atoms with Crippen LogP contribution < -0.4 is 0 Å². The molecule has 2 aliphatic heterocycles. The minimum atomic E-state index is -0.767. The first-order valence-electron chi connectivity index (χ1n) is 9.06. The highest BCUT2D eigenvalue weighted by atomic mass is 35.5. The molecule has 2 aliphatic rings. The van der Waals surface area contributed by atoms with E-state index < -0.39 is 5.92 Å². The van der Waals surface area contributed by atoms with Gasteiger partial charge in [-0.3, -0.25) is 14.5 Å². The van der Waals surface area contributed by atoms with Crippen molar-refractivity contribution in [3.8, 4) is 10.6 Å². The third-order valence-electron chi connectivity index (χ3n) is 4.84. The second-order valence-electron chi connectivity index (χ2n) is 6.73. The van der Waals surface area contributed by atoms with Gasteiger partial charge < -0.3 is 4.90 Å². The van der Waals surface area contributed by atoms with Crippen LogP contribution in [0.5, 0.6) is 0 Å². The highest BCUT2D eigenvalue weighted by molar-refractivity contribution is 7.13. The molecule has 3 heterocycles. The molecule has 1 unspecified atom stereocenters. The lowest BCUT2D eigenvalue weighted by Crippen LogP contribution is -2.50. The summed E-state index contributed by atoms with van der Waals surface area (Å²) in [6, 6.07) is 7.68. The molecule has 1 fully saturated rings. The minimum Gasteiger partial charge on any atom is -0.339 e. The number of hydrogen-bond acceptors (Lipinski definition) is 5. The molecule has 0 radical (unpaired) electrons. The van der Waals surface area contributed by atoms with Crippen molar-refractivity contribution in [1.29, 1.82) is 0 Å². The van der Waals surface area contributed by atoms with Gasteiger partial charge in [0.25, 0.3) is 5.91 Å². The molecule has 0 saturated carbocycles. The molecule has 0 bridgehead atoms. The van der Waals surface area contributed by atoms with Gasteiger partial charge in [-0.2, -0.15) is 0 Å². The van der Waals surface area contributed by atoms with Gasteiger partial charge in [0.2, 0.25) is 5.91 Å². The van der Waals surface area contributed by atoms with Crippen LogP contribution in [0.4, 0.5) is 0 Å². The van der Waals surface area contributed by atoms with Crippen LogP contribution in [-0.4, -0.2) is 59.0 Å². The van der Waals surface area contributed by atoms with Crippen LogP contribution in [-0.2, 0) is 16.1 Å². The third-order valence-corrected chi connectivity index (χ3v) is 6.03. The topological polar surface area (TPSA) is 65.9 Å². The normalized spacial score (nSPS) is 20.0. The molecule has 0 spiro atoms. The predicted molar refractivity (Wildman–Crippen MR) is 111 cm³/mol. The first-order valence-corrected chi connectivity index (χ1v) is 10.3. The summed E-state index contributed by atoms with van der Waals surface area (Å²) in [5, 5.41) is 3.76. The maximum Gasteiger partial charge on any atom is 0.262 e. The third kappa shape index (κ3) is 4.22. The molecule has 0 N–H and O–H groups in total. The van der Waals surface area contributed by atoms with E-state index in [1.54, 1.807) is 28.4 Å². The van der Waals surface area contributed by atoms with E-state index in [9.17, 15) is 9.59 Å². The van der Waals surface area contributed by atoms with Crippen LogP contribution in [0.15, 0.2) is 46.8 Å². The molecule has 0 aliphatic carbocycles. The number of rotatable bonds is 4. The Kier molecular flexibility index (Phi) is 5.66. The first kappa shape index (κ1) is 19.0. The molecule has 1 aromatic carbocycles. The van der Waals surface area contributed by atoms with Crippen molar-refractivity contribution in [2.45, 2.75) is 6.54 Å². The van der Waals surface area contributed by atoms with Gasteiger partial charge in [-0.15, -0.1) is 11.3 Å². The number of aliphatic imine (C=N–C) groups is 1. The Balaban J connectivity index is 1.32. The quantitative estimate of drug-likeness (QED) is 0.721. The van der Waals surface area contributed by atoms with Crippen LogP contribution in [0, 0.1) is 5.92 Å². The Morgan fingerprint density at radius 3 is 2.64 bits per heavy atom. The zero-order valence-corrected chi connectivity index (χ0v) is 16.7. The van der Waals surface area contributed by atoms with E-state index in [-0.39, 0.29) is 11.8 Å². The summed E-state index contributed by atoms with van der Waals surface area (Å²) in [7, 11) is 0. The molecule has 1 atom stereocenters. The predicted octanol–water partition coefficient (Wildman–Crippen LogP) is 2.89. The Labute approximate surface area is 172 Å². The monoisotopic (exact) mass is 414 g/mol. The smallest absolute Gasteiger partial charge is 0.262 e. The van der Waals surface area contributed by atoms with Crippen molar-refractivity contribution in [3.05, 3.63) is 52.5 Å². The Bertz CT molecular complexity index is 930. The number of carbonyl (C=O) groups is 2. The number of allylic oxidation sites excluding steroid dienone is 1. The average Bonchev–Trinajstić information content (AvgIpc) is 3.17. The van der Waals surface area contributed by atoms with Crippen LogP contribution in [0.3, 0.4) is 0 Å². The molecule has 2 aromatic rings. The molecule has 28 heavy (non-hydrogen) atoms. The molecular formula is C20H19ClN4O2S. The zero-order chi connectivity index (χ0) is 19.5. The van der Waals surface area contributed by atoms with E-state index in [2.05, 4.69) is 15.3 Å². The minimum absolute atomic E-state index is 0.156. The lowest BCUT2D eigenvalue weighted by Gasteiger charge is -2.35. The van der Waals surface area contributed by atoms with Crippen LogP contribution in [0.25, 0.3) is 10.6 Å².